The maximum absolute atomic E-state index is 12.6. The van der Waals surface area contributed by atoms with Crippen LogP contribution in [-0.4, -0.2) is 8.42 Å². The van der Waals surface area contributed by atoms with Crippen LogP contribution in [0.2, 0.25) is 0 Å². The van der Waals surface area contributed by atoms with E-state index in [0.29, 0.717) is 17.1 Å². The Morgan fingerprint density at radius 1 is 1.05 bits per heavy atom. The third-order valence-corrected chi connectivity index (χ3v) is 4.97. The van der Waals surface area contributed by atoms with Gasteiger partial charge in [-0.3, -0.25) is 4.72 Å². The highest BCUT2D eigenvalue weighted by atomic mass is 32.2. The van der Waals surface area contributed by atoms with Gasteiger partial charge in [-0.1, -0.05) is 29.8 Å². The van der Waals surface area contributed by atoms with Crippen LogP contribution in [0.25, 0.3) is 0 Å². The summed E-state index contributed by atoms with van der Waals surface area (Å²) in [7, 11) is -3.61. The van der Waals surface area contributed by atoms with Crippen LogP contribution in [0.4, 0.5) is 5.69 Å². The molecule has 5 heteroatoms. The second-order valence-corrected chi connectivity index (χ2v) is 6.86. The first-order valence-electron chi connectivity index (χ1n) is 6.73. The first-order valence-corrected chi connectivity index (χ1v) is 8.21. The molecule has 0 aliphatic heterocycles. The van der Waals surface area contributed by atoms with Crippen LogP contribution in [0.15, 0.2) is 41.3 Å². The van der Waals surface area contributed by atoms with Gasteiger partial charge in [-0.15, -0.1) is 0 Å². The zero-order valence-corrected chi connectivity index (χ0v) is 13.3. The van der Waals surface area contributed by atoms with Crippen molar-refractivity contribution in [2.45, 2.75) is 32.2 Å². The fourth-order valence-corrected chi connectivity index (χ4v) is 4.06. The number of anilines is 1. The molecule has 0 aliphatic rings. The summed E-state index contributed by atoms with van der Waals surface area (Å²) in [5.74, 6) is 0. The molecule has 0 spiro atoms. The highest BCUT2D eigenvalue weighted by Gasteiger charge is 2.20. The monoisotopic (exact) mass is 304 g/mol. The van der Waals surface area contributed by atoms with Crippen molar-refractivity contribution in [3.63, 3.8) is 0 Å². The SMILES string of the molecule is Cc1cc(C)c(S(=O)(=O)Nc2cccc(CN)c2)c(C)c1. The second kappa shape index (κ2) is 5.87. The zero-order chi connectivity index (χ0) is 15.6. The van der Waals surface area contributed by atoms with Crippen molar-refractivity contribution in [1.29, 1.82) is 0 Å². The van der Waals surface area contributed by atoms with Gasteiger partial charge >= 0.3 is 0 Å². The Morgan fingerprint density at radius 3 is 2.24 bits per heavy atom. The second-order valence-electron chi connectivity index (χ2n) is 5.24. The third kappa shape index (κ3) is 3.43. The minimum atomic E-state index is -3.61. The van der Waals surface area contributed by atoms with Gasteiger partial charge in [0.25, 0.3) is 10.0 Å². The molecule has 0 radical (unpaired) electrons. The van der Waals surface area contributed by atoms with E-state index in [9.17, 15) is 8.42 Å². The van der Waals surface area contributed by atoms with Crippen molar-refractivity contribution in [1.82, 2.24) is 0 Å². The third-order valence-electron chi connectivity index (χ3n) is 3.29. The van der Waals surface area contributed by atoms with Crippen LogP contribution in [0.1, 0.15) is 22.3 Å². The number of rotatable bonds is 4. The Bertz CT molecular complexity index is 745. The Kier molecular flexibility index (Phi) is 4.34. The smallest absolute Gasteiger partial charge is 0.262 e. The summed E-state index contributed by atoms with van der Waals surface area (Å²) >= 11 is 0. The van der Waals surface area contributed by atoms with Crippen LogP contribution in [0.5, 0.6) is 0 Å². The van der Waals surface area contributed by atoms with Gasteiger partial charge in [-0.05, 0) is 49.6 Å². The predicted molar refractivity (Wildman–Crippen MR) is 85.8 cm³/mol. The molecular weight excluding hydrogens is 284 g/mol. The van der Waals surface area contributed by atoms with Gasteiger partial charge in [0, 0.05) is 12.2 Å². The summed E-state index contributed by atoms with van der Waals surface area (Å²) in [5, 5.41) is 0. The Hall–Kier alpha value is -1.85. The largest absolute Gasteiger partial charge is 0.326 e. The molecule has 0 unspecified atom stereocenters. The molecule has 0 amide bonds. The molecule has 0 heterocycles. The van der Waals surface area contributed by atoms with Gasteiger partial charge in [-0.2, -0.15) is 0 Å². The average Bonchev–Trinajstić information content (AvgIpc) is 2.36. The topological polar surface area (TPSA) is 72.2 Å². The van der Waals surface area contributed by atoms with Crippen LogP contribution < -0.4 is 10.5 Å². The molecule has 3 N–H and O–H groups in total. The van der Waals surface area contributed by atoms with Crippen molar-refractivity contribution in [3.8, 4) is 0 Å². The molecular formula is C16H20N2O2S. The quantitative estimate of drug-likeness (QED) is 0.912. The molecule has 2 aromatic rings. The van der Waals surface area contributed by atoms with Gasteiger partial charge in [0.2, 0.25) is 0 Å². The summed E-state index contributed by atoms with van der Waals surface area (Å²) in [6.07, 6.45) is 0. The number of hydrogen-bond donors (Lipinski definition) is 2. The van der Waals surface area contributed by atoms with Gasteiger partial charge in [0.05, 0.1) is 4.90 Å². The predicted octanol–water partition coefficient (Wildman–Crippen LogP) is 2.87. The van der Waals surface area contributed by atoms with Gasteiger partial charge in [-0.25, -0.2) is 8.42 Å². The molecule has 112 valence electrons. The van der Waals surface area contributed by atoms with Crippen molar-refractivity contribution < 1.29 is 8.42 Å². The van der Waals surface area contributed by atoms with Crippen LogP contribution in [0.3, 0.4) is 0 Å². The van der Waals surface area contributed by atoms with E-state index in [0.717, 1.165) is 22.3 Å². The van der Waals surface area contributed by atoms with E-state index in [-0.39, 0.29) is 0 Å². The normalized spacial score (nSPS) is 11.4. The highest BCUT2D eigenvalue weighted by molar-refractivity contribution is 7.92. The number of benzene rings is 2. The van der Waals surface area contributed by atoms with Crippen molar-refractivity contribution >= 4 is 15.7 Å². The lowest BCUT2D eigenvalue weighted by Gasteiger charge is -2.14. The summed E-state index contributed by atoms with van der Waals surface area (Å²) < 4.78 is 27.9. The fraction of sp³-hybridized carbons (Fsp3) is 0.250. The molecule has 0 fully saturated rings. The van der Waals surface area contributed by atoms with Crippen LogP contribution in [0, 0.1) is 20.8 Å². The van der Waals surface area contributed by atoms with E-state index in [4.69, 9.17) is 5.73 Å². The molecule has 0 saturated carbocycles. The molecule has 0 aliphatic carbocycles. The average molecular weight is 304 g/mol. The van der Waals surface area contributed by atoms with E-state index in [2.05, 4.69) is 4.72 Å². The first kappa shape index (κ1) is 15.5. The lowest BCUT2D eigenvalue weighted by molar-refractivity contribution is 0.600. The number of nitrogens with one attached hydrogen (secondary N) is 1. The van der Waals surface area contributed by atoms with E-state index < -0.39 is 10.0 Å². The summed E-state index contributed by atoms with van der Waals surface area (Å²) in [4.78, 5) is 0.339. The van der Waals surface area contributed by atoms with E-state index in [1.165, 1.54) is 0 Å². The van der Waals surface area contributed by atoms with Crippen molar-refractivity contribution in [2.75, 3.05) is 4.72 Å². The van der Waals surface area contributed by atoms with Crippen molar-refractivity contribution in [3.05, 3.63) is 58.7 Å². The zero-order valence-electron chi connectivity index (χ0n) is 12.5. The maximum atomic E-state index is 12.6. The molecule has 4 nitrogen and oxygen atoms in total. The molecule has 2 aromatic carbocycles. The van der Waals surface area contributed by atoms with E-state index in [1.54, 1.807) is 18.2 Å². The van der Waals surface area contributed by atoms with Crippen LogP contribution >= 0.6 is 0 Å². The Labute approximate surface area is 126 Å². The standard InChI is InChI=1S/C16H20N2O2S/c1-11-7-12(2)16(13(3)8-11)21(19,20)18-15-6-4-5-14(9-15)10-17/h4-9,18H,10,17H2,1-3H3. The fourth-order valence-electron chi connectivity index (χ4n) is 2.56. The molecule has 0 atom stereocenters. The van der Waals surface area contributed by atoms with Crippen LogP contribution in [-0.2, 0) is 16.6 Å². The highest BCUT2D eigenvalue weighted by Crippen LogP contribution is 2.24. The molecule has 21 heavy (non-hydrogen) atoms. The maximum Gasteiger partial charge on any atom is 0.262 e. The summed E-state index contributed by atoms with van der Waals surface area (Å²) in [5.41, 5.74) is 9.53. The van der Waals surface area contributed by atoms with Gasteiger partial charge < -0.3 is 5.73 Å². The Morgan fingerprint density at radius 2 is 1.67 bits per heavy atom. The molecule has 0 aromatic heterocycles. The number of nitrogens with two attached hydrogens (primary N) is 1. The van der Waals surface area contributed by atoms with Gasteiger partial charge in [0.15, 0.2) is 0 Å². The van der Waals surface area contributed by atoms with E-state index >= 15 is 0 Å². The van der Waals surface area contributed by atoms with Crippen molar-refractivity contribution in [2.24, 2.45) is 5.73 Å². The summed E-state index contributed by atoms with van der Waals surface area (Å²) in [6.45, 7) is 5.95. The number of aryl methyl sites for hydroxylation is 3. The minimum absolute atomic E-state index is 0.339. The minimum Gasteiger partial charge on any atom is -0.326 e. The first-order chi connectivity index (χ1) is 9.83. The summed E-state index contributed by atoms with van der Waals surface area (Å²) in [6, 6.07) is 10.9. The Balaban J connectivity index is 2.43. The molecule has 2 rings (SSSR count). The lowest BCUT2D eigenvalue weighted by atomic mass is 10.1. The molecule has 0 bridgehead atoms. The number of hydrogen-bond acceptors (Lipinski definition) is 3. The van der Waals surface area contributed by atoms with Gasteiger partial charge in [0.1, 0.15) is 0 Å². The molecule has 0 saturated heterocycles. The lowest BCUT2D eigenvalue weighted by Crippen LogP contribution is -2.16. The van der Waals surface area contributed by atoms with E-state index in [1.807, 2.05) is 39.0 Å². The number of sulfonamides is 1.